The van der Waals surface area contributed by atoms with Gasteiger partial charge in [-0.1, -0.05) is 143 Å². The van der Waals surface area contributed by atoms with Crippen molar-refractivity contribution in [3.63, 3.8) is 0 Å². The van der Waals surface area contributed by atoms with E-state index in [0.29, 0.717) is 0 Å². The van der Waals surface area contributed by atoms with E-state index in [2.05, 4.69) is 128 Å². The normalized spacial score (nSPS) is 15.8. The summed E-state index contributed by atoms with van der Waals surface area (Å²) in [6.45, 7) is 20.8. The Morgan fingerprint density at radius 2 is 1.02 bits per heavy atom. The van der Waals surface area contributed by atoms with E-state index < -0.39 is 0 Å². The number of hydrogen-bond acceptors (Lipinski definition) is 2. The topological polar surface area (TPSA) is 26.3 Å². The summed E-state index contributed by atoms with van der Waals surface area (Å²) in [4.78, 5) is 12.6. The molecule has 2 atom stereocenters. The van der Waals surface area contributed by atoms with Gasteiger partial charge in [0.05, 0.1) is 6.10 Å². The van der Waals surface area contributed by atoms with Gasteiger partial charge < -0.3 is 4.74 Å². The smallest absolute Gasteiger partial charge is 0.161 e. The lowest BCUT2D eigenvalue weighted by Crippen LogP contribution is -2.26. The van der Waals surface area contributed by atoms with Crippen LogP contribution in [0.4, 0.5) is 0 Å². The van der Waals surface area contributed by atoms with E-state index in [9.17, 15) is 4.79 Å². The Morgan fingerprint density at radius 1 is 0.581 bits per heavy atom. The molecule has 43 heavy (non-hydrogen) atoms. The van der Waals surface area contributed by atoms with Crippen LogP contribution in [0.15, 0.2) is 142 Å². The third-order valence-corrected chi connectivity index (χ3v) is 6.68. The van der Waals surface area contributed by atoms with Crippen molar-refractivity contribution in [1.29, 1.82) is 0 Å². The number of ether oxygens (including phenoxy) is 1. The SMILES string of the molecule is COC(CC=C(C)C)C(C)C(=O)/C=C/C(C)=C/C=C/C(C)=C/C=C/C=C(C)/C=C/C=C(C)/C=C/C=C(\C)CCC=C(C)C. The Labute approximate surface area is 264 Å². The number of rotatable bonds is 18. The van der Waals surface area contributed by atoms with E-state index in [-0.39, 0.29) is 17.8 Å². The van der Waals surface area contributed by atoms with Gasteiger partial charge in [0.15, 0.2) is 5.78 Å². The third-order valence-electron chi connectivity index (χ3n) is 6.68. The van der Waals surface area contributed by atoms with Gasteiger partial charge in [-0.15, -0.1) is 0 Å². The molecule has 0 fully saturated rings. The minimum Gasteiger partial charge on any atom is -0.380 e. The van der Waals surface area contributed by atoms with Crippen molar-refractivity contribution in [2.75, 3.05) is 7.11 Å². The number of allylic oxidation sites excluding steroid dienone is 23. The van der Waals surface area contributed by atoms with Crippen LogP contribution in [0.1, 0.15) is 88.5 Å². The van der Waals surface area contributed by atoms with E-state index >= 15 is 0 Å². The van der Waals surface area contributed by atoms with E-state index in [4.69, 9.17) is 4.74 Å². The van der Waals surface area contributed by atoms with Gasteiger partial charge in [0, 0.05) is 13.0 Å². The van der Waals surface area contributed by atoms with Crippen molar-refractivity contribution in [2.45, 2.75) is 94.6 Å². The van der Waals surface area contributed by atoms with Crippen molar-refractivity contribution < 1.29 is 9.53 Å². The largest absolute Gasteiger partial charge is 0.380 e. The molecule has 0 heterocycles. The second kappa shape index (κ2) is 24.0. The Morgan fingerprint density at radius 3 is 1.49 bits per heavy atom. The summed E-state index contributed by atoms with van der Waals surface area (Å²) in [5.41, 5.74) is 8.57. The van der Waals surface area contributed by atoms with Gasteiger partial charge in [0.25, 0.3) is 0 Å². The first kappa shape index (κ1) is 39.5. The molecule has 0 aliphatic heterocycles. The van der Waals surface area contributed by atoms with Crippen LogP contribution in [0.3, 0.4) is 0 Å². The van der Waals surface area contributed by atoms with Crippen LogP contribution in [0.5, 0.6) is 0 Å². The summed E-state index contributed by atoms with van der Waals surface area (Å²) >= 11 is 0. The van der Waals surface area contributed by atoms with Crippen LogP contribution in [-0.4, -0.2) is 19.0 Å². The lowest BCUT2D eigenvalue weighted by atomic mass is 9.95. The highest BCUT2D eigenvalue weighted by Gasteiger charge is 2.20. The maximum Gasteiger partial charge on any atom is 0.161 e. The molecule has 2 unspecified atom stereocenters. The lowest BCUT2D eigenvalue weighted by molar-refractivity contribution is -0.121. The Hall–Kier alpha value is -3.49. The maximum absolute atomic E-state index is 12.6. The third kappa shape index (κ3) is 22.7. The van der Waals surface area contributed by atoms with E-state index in [0.717, 1.165) is 30.4 Å². The zero-order valence-electron chi connectivity index (χ0n) is 28.9. The van der Waals surface area contributed by atoms with Crippen molar-refractivity contribution >= 4 is 5.78 Å². The molecule has 0 N–H and O–H groups in total. The predicted molar refractivity (Wildman–Crippen MR) is 192 cm³/mol. The molecule has 2 heteroatoms. The van der Waals surface area contributed by atoms with Gasteiger partial charge in [0.1, 0.15) is 0 Å². The van der Waals surface area contributed by atoms with Gasteiger partial charge in [-0.3, -0.25) is 4.79 Å². The van der Waals surface area contributed by atoms with Gasteiger partial charge in [-0.2, -0.15) is 0 Å². The van der Waals surface area contributed by atoms with Gasteiger partial charge in [0.2, 0.25) is 0 Å². The van der Waals surface area contributed by atoms with Gasteiger partial charge in [-0.05, 0) is 87.7 Å². The zero-order valence-corrected chi connectivity index (χ0v) is 28.9. The number of ketones is 1. The Balaban J connectivity index is 4.85. The average molecular weight is 583 g/mol. The number of carbonyl (C=O) groups is 1. The minimum atomic E-state index is -0.187. The van der Waals surface area contributed by atoms with Crippen molar-refractivity contribution in [3.05, 3.63) is 142 Å². The zero-order chi connectivity index (χ0) is 32.6. The number of hydrogen-bond donors (Lipinski definition) is 0. The molecule has 0 saturated carbocycles. The fourth-order valence-electron chi connectivity index (χ4n) is 3.78. The molecule has 0 aromatic carbocycles. The van der Waals surface area contributed by atoms with Crippen LogP contribution in [0.2, 0.25) is 0 Å². The standard InChI is InChI=1S/C41H58O2/c1-32(2)18-14-21-36(7)24-16-26-37(8)25-15-22-34(5)19-12-13-20-35(6)23-17-27-38(9)29-30-40(42)39(10)41(43-11)31-28-33(3)4/h12-13,15-20,22-30,39,41H,14,21,31H2,1-11H3/b13-12+,22-15+,23-17+,26-16+,30-29+,34-19+,35-20+,36-24+,37-25+,38-27+. The van der Waals surface area contributed by atoms with Crippen LogP contribution in [0, 0.1) is 5.92 Å². The molecule has 0 radical (unpaired) electrons. The van der Waals surface area contributed by atoms with Crippen LogP contribution >= 0.6 is 0 Å². The summed E-state index contributed by atoms with van der Waals surface area (Å²) in [6, 6.07) is 0. The monoisotopic (exact) mass is 582 g/mol. The first-order valence-corrected chi connectivity index (χ1v) is 15.4. The molecule has 0 aromatic heterocycles. The molecule has 0 bridgehead atoms. The summed E-state index contributed by atoms with van der Waals surface area (Å²) in [5, 5.41) is 0. The second-order valence-electron chi connectivity index (χ2n) is 11.8. The summed E-state index contributed by atoms with van der Waals surface area (Å²) in [6.07, 6.45) is 37.9. The molecule has 2 nitrogen and oxygen atoms in total. The van der Waals surface area contributed by atoms with Crippen molar-refractivity contribution in [3.8, 4) is 0 Å². The highest BCUT2D eigenvalue weighted by Crippen LogP contribution is 2.15. The highest BCUT2D eigenvalue weighted by molar-refractivity contribution is 5.92. The summed E-state index contributed by atoms with van der Waals surface area (Å²) in [7, 11) is 1.67. The fraction of sp³-hybridized carbons (Fsp3) is 0.390. The molecule has 234 valence electrons. The molecule has 0 aliphatic carbocycles. The number of methoxy groups -OCH3 is 1. The first-order chi connectivity index (χ1) is 20.3. The lowest BCUT2D eigenvalue weighted by Gasteiger charge is -2.19. The molecule has 0 aliphatic rings. The van der Waals surface area contributed by atoms with Crippen LogP contribution in [-0.2, 0) is 9.53 Å². The van der Waals surface area contributed by atoms with Crippen LogP contribution in [0.25, 0.3) is 0 Å². The second-order valence-corrected chi connectivity index (χ2v) is 11.8. The molecule has 0 rings (SSSR count). The molecular formula is C41H58O2. The maximum atomic E-state index is 12.6. The van der Waals surface area contributed by atoms with Crippen LogP contribution < -0.4 is 0 Å². The number of carbonyl (C=O) groups excluding carboxylic acids is 1. The first-order valence-electron chi connectivity index (χ1n) is 15.4. The van der Waals surface area contributed by atoms with Gasteiger partial charge in [-0.25, -0.2) is 0 Å². The molecule has 0 amide bonds. The fourth-order valence-corrected chi connectivity index (χ4v) is 3.78. The van der Waals surface area contributed by atoms with E-state index in [1.807, 2.05) is 38.2 Å². The van der Waals surface area contributed by atoms with E-state index in [1.54, 1.807) is 13.2 Å². The summed E-state index contributed by atoms with van der Waals surface area (Å²) < 4.78 is 5.54. The quantitative estimate of drug-likeness (QED) is 0.0912. The molecule has 0 saturated heterocycles. The minimum absolute atomic E-state index is 0.0809. The summed E-state index contributed by atoms with van der Waals surface area (Å²) in [5.74, 6) is -0.106. The molecule has 0 spiro atoms. The highest BCUT2D eigenvalue weighted by atomic mass is 16.5. The Bertz CT molecular complexity index is 1220. The average Bonchev–Trinajstić information content (AvgIpc) is 2.93. The van der Waals surface area contributed by atoms with Crippen molar-refractivity contribution in [1.82, 2.24) is 0 Å². The van der Waals surface area contributed by atoms with Gasteiger partial charge >= 0.3 is 0 Å². The Kier molecular flexibility index (Phi) is 22.1. The molecular weight excluding hydrogens is 524 g/mol. The van der Waals surface area contributed by atoms with E-state index in [1.165, 1.54) is 27.9 Å². The molecule has 0 aromatic rings. The van der Waals surface area contributed by atoms with Crippen molar-refractivity contribution in [2.24, 2.45) is 5.92 Å². The predicted octanol–water partition coefficient (Wildman–Crippen LogP) is 11.8.